The quantitative estimate of drug-likeness (QED) is 0.700. The van der Waals surface area contributed by atoms with Crippen molar-refractivity contribution >= 4 is 17.7 Å². The number of ether oxygens (including phenoxy) is 1. The van der Waals surface area contributed by atoms with Gasteiger partial charge in [-0.1, -0.05) is 0 Å². The molecule has 6 heteroatoms. The molecule has 0 aliphatic heterocycles. The van der Waals surface area contributed by atoms with Crippen LogP contribution in [0.1, 0.15) is 15.9 Å². The molecule has 0 heterocycles. The molecule has 2 aromatic carbocycles. The molecule has 0 aliphatic carbocycles. The summed E-state index contributed by atoms with van der Waals surface area (Å²) in [6.07, 6.45) is 0. The Balaban J connectivity index is 2.13. The zero-order valence-corrected chi connectivity index (χ0v) is 12.2. The van der Waals surface area contributed by atoms with E-state index in [4.69, 9.17) is 10.5 Å². The van der Waals surface area contributed by atoms with Gasteiger partial charge in [-0.05, 0) is 55.0 Å². The highest BCUT2D eigenvalue weighted by atomic mass is 19.1. The van der Waals surface area contributed by atoms with Crippen LogP contribution in [0.5, 0.6) is 5.75 Å². The van der Waals surface area contributed by atoms with Crippen LogP contribution in [0, 0.1) is 12.7 Å². The van der Waals surface area contributed by atoms with Crippen LogP contribution in [0.2, 0.25) is 0 Å². The van der Waals surface area contributed by atoms with E-state index in [9.17, 15) is 14.0 Å². The molecule has 0 saturated heterocycles. The van der Waals surface area contributed by atoms with Gasteiger partial charge < -0.3 is 10.5 Å². The molecule has 2 N–H and O–H groups in total. The molecule has 0 radical (unpaired) electrons. The van der Waals surface area contributed by atoms with E-state index in [1.165, 1.54) is 30.1 Å². The highest BCUT2D eigenvalue weighted by molar-refractivity contribution is 5.93. The lowest BCUT2D eigenvalue weighted by Gasteiger charge is -2.14. The molecular formula is C16H15FN2O3. The lowest BCUT2D eigenvalue weighted by atomic mass is 10.1. The Morgan fingerprint density at radius 3 is 2.32 bits per heavy atom. The van der Waals surface area contributed by atoms with Crippen LogP contribution in [-0.4, -0.2) is 19.0 Å². The van der Waals surface area contributed by atoms with Gasteiger partial charge in [0, 0.05) is 12.7 Å². The van der Waals surface area contributed by atoms with Crippen molar-refractivity contribution in [1.82, 2.24) is 0 Å². The maximum absolute atomic E-state index is 13.0. The molecule has 0 aromatic heterocycles. The van der Waals surface area contributed by atoms with Gasteiger partial charge in [0.25, 0.3) is 0 Å². The van der Waals surface area contributed by atoms with Gasteiger partial charge in [-0.3, -0.25) is 4.90 Å². The summed E-state index contributed by atoms with van der Waals surface area (Å²) in [6, 6.07) is 9.55. The molecule has 0 bridgehead atoms. The summed E-state index contributed by atoms with van der Waals surface area (Å²) in [5, 5.41) is 0. The predicted molar refractivity (Wildman–Crippen MR) is 80.5 cm³/mol. The average Bonchev–Trinajstić information content (AvgIpc) is 2.47. The highest BCUT2D eigenvalue weighted by Gasteiger charge is 2.13. The van der Waals surface area contributed by atoms with Crippen molar-refractivity contribution in [2.45, 2.75) is 6.92 Å². The lowest BCUT2D eigenvalue weighted by Crippen LogP contribution is -2.31. The first-order valence-corrected chi connectivity index (χ1v) is 6.50. The number of hydrogen-bond acceptors (Lipinski definition) is 3. The summed E-state index contributed by atoms with van der Waals surface area (Å²) in [4.78, 5) is 24.3. The minimum Gasteiger partial charge on any atom is -0.423 e. The number of nitrogens with zero attached hydrogens (tertiary/aromatic N) is 1. The molecule has 0 fully saturated rings. The molecule has 0 atom stereocenters. The van der Waals surface area contributed by atoms with E-state index in [1.807, 2.05) is 0 Å². The first-order chi connectivity index (χ1) is 10.4. The summed E-state index contributed by atoms with van der Waals surface area (Å²) in [6.45, 7) is 1.63. The number of hydrogen-bond donors (Lipinski definition) is 1. The molecular weight excluding hydrogens is 287 g/mol. The van der Waals surface area contributed by atoms with Gasteiger partial charge in [0.05, 0.1) is 5.56 Å². The van der Waals surface area contributed by atoms with Gasteiger partial charge >= 0.3 is 12.0 Å². The van der Waals surface area contributed by atoms with Gasteiger partial charge in [0.15, 0.2) is 0 Å². The summed E-state index contributed by atoms with van der Waals surface area (Å²) < 4.78 is 18.2. The van der Waals surface area contributed by atoms with Crippen molar-refractivity contribution in [2.24, 2.45) is 5.73 Å². The second-order valence-electron chi connectivity index (χ2n) is 4.74. The van der Waals surface area contributed by atoms with Crippen LogP contribution in [0.3, 0.4) is 0 Å². The minimum atomic E-state index is -0.591. The SMILES string of the molecule is Cc1cc(F)ccc1C(=O)Oc1ccc(N(C)C(N)=O)cc1. The molecule has 5 nitrogen and oxygen atoms in total. The number of carbonyl (C=O) groups is 2. The Hall–Kier alpha value is -2.89. The molecule has 22 heavy (non-hydrogen) atoms. The Kier molecular flexibility index (Phi) is 4.41. The van der Waals surface area contributed by atoms with Gasteiger partial charge in [0.1, 0.15) is 11.6 Å². The topological polar surface area (TPSA) is 72.6 Å². The lowest BCUT2D eigenvalue weighted by molar-refractivity contribution is 0.0734. The largest absolute Gasteiger partial charge is 0.423 e. The number of urea groups is 1. The van der Waals surface area contributed by atoms with Gasteiger partial charge in [-0.2, -0.15) is 0 Å². The van der Waals surface area contributed by atoms with E-state index in [1.54, 1.807) is 31.2 Å². The number of rotatable bonds is 3. The standard InChI is InChI=1S/C16H15FN2O3/c1-10-9-11(17)3-8-14(10)15(20)22-13-6-4-12(5-7-13)19(2)16(18)21/h3-9H,1-2H3,(H2,18,21). The van der Waals surface area contributed by atoms with Crippen molar-refractivity contribution in [2.75, 3.05) is 11.9 Å². The third-order valence-electron chi connectivity index (χ3n) is 3.17. The first-order valence-electron chi connectivity index (χ1n) is 6.50. The molecule has 2 amide bonds. The fourth-order valence-electron chi connectivity index (χ4n) is 1.88. The molecule has 114 valence electrons. The Morgan fingerprint density at radius 2 is 1.77 bits per heavy atom. The van der Waals surface area contributed by atoms with Crippen LogP contribution < -0.4 is 15.4 Å². The van der Waals surface area contributed by atoms with Crippen molar-refractivity contribution in [3.05, 3.63) is 59.4 Å². The predicted octanol–water partition coefficient (Wildman–Crippen LogP) is 2.87. The fourth-order valence-corrected chi connectivity index (χ4v) is 1.88. The van der Waals surface area contributed by atoms with Gasteiger partial charge in [-0.15, -0.1) is 0 Å². The smallest absolute Gasteiger partial charge is 0.343 e. The third kappa shape index (κ3) is 3.41. The van der Waals surface area contributed by atoms with Crippen LogP contribution in [-0.2, 0) is 0 Å². The molecule has 0 aliphatic rings. The van der Waals surface area contributed by atoms with Crippen molar-refractivity contribution in [3.63, 3.8) is 0 Å². The summed E-state index contributed by atoms with van der Waals surface area (Å²) in [5.41, 5.74) is 6.52. The van der Waals surface area contributed by atoms with Gasteiger partial charge in [0.2, 0.25) is 0 Å². The summed E-state index contributed by atoms with van der Waals surface area (Å²) >= 11 is 0. The Labute approximate surface area is 127 Å². The van der Waals surface area contributed by atoms with E-state index in [-0.39, 0.29) is 0 Å². The second-order valence-corrected chi connectivity index (χ2v) is 4.74. The molecule has 0 unspecified atom stereocenters. The highest BCUT2D eigenvalue weighted by Crippen LogP contribution is 2.20. The van der Waals surface area contributed by atoms with Crippen LogP contribution in [0.15, 0.2) is 42.5 Å². The van der Waals surface area contributed by atoms with Crippen LogP contribution in [0.4, 0.5) is 14.9 Å². The number of carbonyl (C=O) groups excluding carboxylic acids is 2. The zero-order chi connectivity index (χ0) is 16.3. The van der Waals surface area contributed by atoms with Crippen molar-refractivity contribution in [3.8, 4) is 5.75 Å². The third-order valence-corrected chi connectivity index (χ3v) is 3.17. The number of nitrogens with two attached hydrogens (primary N) is 1. The van der Waals surface area contributed by atoms with E-state index in [2.05, 4.69) is 0 Å². The maximum Gasteiger partial charge on any atom is 0.343 e. The van der Waals surface area contributed by atoms with Crippen molar-refractivity contribution < 1.29 is 18.7 Å². The maximum atomic E-state index is 13.0. The van der Waals surface area contributed by atoms with E-state index in [0.717, 1.165) is 0 Å². The van der Waals surface area contributed by atoms with Crippen LogP contribution >= 0.6 is 0 Å². The first kappa shape index (κ1) is 15.5. The Morgan fingerprint density at radius 1 is 1.14 bits per heavy atom. The number of aryl methyl sites for hydroxylation is 1. The van der Waals surface area contributed by atoms with Crippen molar-refractivity contribution in [1.29, 1.82) is 0 Å². The summed E-state index contributed by atoms with van der Waals surface area (Å²) in [7, 11) is 1.53. The van der Waals surface area contributed by atoms with E-state index in [0.29, 0.717) is 22.6 Å². The number of benzene rings is 2. The molecule has 0 spiro atoms. The minimum absolute atomic E-state index is 0.291. The second kappa shape index (κ2) is 6.26. The monoisotopic (exact) mass is 302 g/mol. The number of halogens is 1. The summed E-state index contributed by atoms with van der Waals surface area (Å²) in [5.74, 6) is -0.670. The Bertz CT molecular complexity index is 714. The van der Waals surface area contributed by atoms with E-state index >= 15 is 0 Å². The number of amides is 2. The number of primary amides is 1. The van der Waals surface area contributed by atoms with E-state index < -0.39 is 17.8 Å². The molecule has 2 rings (SSSR count). The van der Waals surface area contributed by atoms with Crippen LogP contribution in [0.25, 0.3) is 0 Å². The molecule has 2 aromatic rings. The average molecular weight is 302 g/mol. The normalized spacial score (nSPS) is 10.1. The van der Waals surface area contributed by atoms with Gasteiger partial charge in [-0.25, -0.2) is 14.0 Å². The number of esters is 1. The number of anilines is 1. The molecule has 0 saturated carbocycles. The fraction of sp³-hybridized carbons (Fsp3) is 0.125. The zero-order valence-electron chi connectivity index (χ0n) is 12.2.